The van der Waals surface area contributed by atoms with Gasteiger partial charge in [0.2, 0.25) is 0 Å². The minimum Gasteiger partial charge on any atom is -0.449 e. The molecule has 0 spiro atoms. The molecular weight excluding hydrogens is 337 g/mol. The van der Waals surface area contributed by atoms with Crippen molar-refractivity contribution in [2.45, 2.75) is 44.8 Å². The predicted octanol–water partition coefficient (Wildman–Crippen LogP) is 4.00. The number of hydrogen-bond acceptors (Lipinski definition) is 3. The summed E-state index contributed by atoms with van der Waals surface area (Å²) in [5.74, 6) is -0.885. The van der Waals surface area contributed by atoms with Gasteiger partial charge in [-0.1, -0.05) is 42.1 Å². The summed E-state index contributed by atoms with van der Waals surface area (Å²) in [6, 6.07) is 5.27. The summed E-state index contributed by atoms with van der Waals surface area (Å²) in [6.45, 7) is 1.55. The van der Waals surface area contributed by atoms with Crippen LogP contribution in [0.4, 0.5) is 0 Å². The van der Waals surface area contributed by atoms with Gasteiger partial charge in [-0.15, -0.1) is 0 Å². The summed E-state index contributed by atoms with van der Waals surface area (Å²) >= 11 is 12.0. The summed E-state index contributed by atoms with van der Waals surface area (Å²) in [5.41, 5.74) is 0.538. The average Bonchev–Trinajstić information content (AvgIpc) is 2.99. The van der Waals surface area contributed by atoms with Gasteiger partial charge in [-0.25, -0.2) is 4.79 Å². The number of nitrogens with one attached hydrogen (secondary N) is 1. The fourth-order valence-corrected chi connectivity index (χ4v) is 3.00. The topological polar surface area (TPSA) is 55.4 Å². The Morgan fingerprint density at radius 2 is 1.87 bits per heavy atom. The maximum absolute atomic E-state index is 12.0. The highest BCUT2D eigenvalue weighted by Crippen LogP contribution is 2.25. The molecule has 1 aromatic carbocycles. The highest BCUT2D eigenvalue weighted by Gasteiger charge is 2.22. The molecule has 6 heteroatoms. The lowest BCUT2D eigenvalue weighted by Gasteiger charge is -2.16. The Labute approximate surface area is 145 Å². The standard InChI is InChI=1S/C17H19Cl2NO3/c1-11(17(22)20-12-5-2-3-6-12)23-16(21)10-9-13-14(18)7-4-8-15(13)19/h4,7-12H,2-3,5-6H2,1H3,(H,20,22)/b10-9+/t11-/m1/s1. The van der Waals surface area contributed by atoms with E-state index >= 15 is 0 Å². The first-order valence-corrected chi connectivity index (χ1v) is 8.36. The minimum atomic E-state index is -0.838. The van der Waals surface area contributed by atoms with Gasteiger partial charge in [-0.2, -0.15) is 0 Å². The van der Waals surface area contributed by atoms with Crippen LogP contribution in [0, 0.1) is 0 Å². The summed E-state index contributed by atoms with van der Waals surface area (Å²) < 4.78 is 5.10. The fraction of sp³-hybridized carbons (Fsp3) is 0.412. The van der Waals surface area contributed by atoms with Crippen molar-refractivity contribution in [3.63, 3.8) is 0 Å². The van der Waals surface area contributed by atoms with E-state index in [-0.39, 0.29) is 11.9 Å². The molecule has 0 aliphatic heterocycles. The van der Waals surface area contributed by atoms with Gasteiger partial charge in [-0.3, -0.25) is 4.79 Å². The first-order valence-electron chi connectivity index (χ1n) is 7.60. The molecule has 1 aromatic rings. The van der Waals surface area contributed by atoms with E-state index in [0.29, 0.717) is 15.6 Å². The lowest BCUT2D eigenvalue weighted by Crippen LogP contribution is -2.40. The van der Waals surface area contributed by atoms with Crippen LogP contribution in [-0.4, -0.2) is 24.0 Å². The second-order valence-electron chi connectivity index (χ2n) is 5.54. The Bertz CT molecular complexity index is 590. The number of ether oxygens (including phenoxy) is 1. The Morgan fingerprint density at radius 1 is 1.26 bits per heavy atom. The molecule has 1 atom stereocenters. The van der Waals surface area contributed by atoms with Crippen LogP contribution in [0.5, 0.6) is 0 Å². The van der Waals surface area contributed by atoms with Crippen LogP contribution in [0.1, 0.15) is 38.2 Å². The second kappa shape index (κ2) is 8.37. The highest BCUT2D eigenvalue weighted by atomic mass is 35.5. The highest BCUT2D eigenvalue weighted by molar-refractivity contribution is 6.37. The Hall–Kier alpha value is -1.52. The molecule has 0 saturated heterocycles. The lowest BCUT2D eigenvalue weighted by atomic mass is 10.2. The van der Waals surface area contributed by atoms with Gasteiger partial charge in [0.15, 0.2) is 6.10 Å². The third-order valence-electron chi connectivity index (χ3n) is 3.75. The quantitative estimate of drug-likeness (QED) is 0.641. The zero-order valence-electron chi connectivity index (χ0n) is 12.9. The van der Waals surface area contributed by atoms with Crippen molar-refractivity contribution in [3.05, 3.63) is 39.9 Å². The SMILES string of the molecule is C[C@@H](OC(=O)/C=C/c1c(Cl)cccc1Cl)C(=O)NC1CCCC1. The number of rotatable bonds is 5. The summed E-state index contributed by atoms with van der Waals surface area (Å²) in [5, 5.41) is 3.77. The van der Waals surface area contributed by atoms with E-state index in [1.807, 2.05) is 0 Å². The van der Waals surface area contributed by atoms with E-state index in [1.165, 1.54) is 12.2 Å². The van der Waals surface area contributed by atoms with Crippen molar-refractivity contribution in [3.8, 4) is 0 Å². The maximum Gasteiger partial charge on any atom is 0.331 e. The van der Waals surface area contributed by atoms with E-state index in [0.717, 1.165) is 25.7 Å². The molecule has 0 radical (unpaired) electrons. The smallest absolute Gasteiger partial charge is 0.331 e. The van der Waals surface area contributed by atoms with E-state index < -0.39 is 12.1 Å². The van der Waals surface area contributed by atoms with Gasteiger partial charge in [0.25, 0.3) is 5.91 Å². The van der Waals surface area contributed by atoms with Gasteiger partial charge in [0.05, 0.1) is 0 Å². The number of hydrogen-bond donors (Lipinski definition) is 1. The molecule has 0 heterocycles. The van der Waals surface area contributed by atoms with Crippen molar-refractivity contribution in [2.75, 3.05) is 0 Å². The fourth-order valence-electron chi connectivity index (χ4n) is 2.48. The number of carbonyl (C=O) groups is 2. The molecule has 0 unspecified atom stereocenters. The number of benzene rings is 1. The minimum absolute atomic E-state index is 0.195. The lowest BCUT2D eigenvalue weighted by molar-refractivity contribution is -0.150. The molecule has 1 fully saturated rings. The summed E-state index contributed by atoms with van der Waals surface area (Å²) in [6.07, 6.45) is 6.07. The Kier molecular flexibility index (Phi) is 6.48. The predicted molar refractivity (Wildman–Crippen MR) is 91.4 cm³/mol. The summed E-state index contributed by atoms with van der Waals surface area (Å²) in [4.78, 5) is 23.8. The van der Waals surface area contributed by atoms with Gasteiger partial charge in [0.1, 0.15) is 0 Å². The molecular formula is C17H19Cl2NO3. The van der Waals surface area contributed by atoms with Gasteiger partial charge in [0, 0.05) is 27.7 Å². The monoisotopic (exact) mass is 355 g/mol. The van der Waals surface area contributed by atoms with Crippen LogP contribution in [0.3, 0.4) is 0 Å². The van der Waals surface area contributed by atoms with Crippen molar-refractivity contribution >= 4 is 41.2 Å². The van der Waals surface area contributed by atoms with E-state index in [1.54, 1.807) is 25.1 Å². The van der Waals surface area contributed by atoms with Crippen LogP contribution in [0.2, 0.25) is 10.0 Å². The molecule has 1 aliphatic rings. The average molecular weight is 356 g/mol. The maximum atomic E-state index is 12.0. The normalized spacial score (nSPS) is 16.5. The first kappa shape index (κ1) is 17.8. The largest absolute Gasteiger partial charge is 0.449 e. The van der Waals surface area contributed by atoms with E-state index in [9.17, 15) is 9.59 Å². The van der Waals surface area contributed by atoms with E-state index in [2.05, 4.69) is 5.32 Å². The van der Waals surface area contributed by atoms with Crippen molar-refractivity contribution in [1.29, 1.82) is 0 Å². The molecule has 23 heavy (non-hydrogen) atoms. The van der Waals surface area contributed by atoms with Crippen LogP contribution >= 0.6 is 23.2 Å². The molecule has 2 rings (SSSR count). The number of carbonyl (C=O) groups excluding carboxylic acids is 2. The summed E-state index contributed by atoms with van der Waals surface area (Å²) in [7, 11) is 0. The van der Waals surface area contributed by atoms with Gasteiger partial charge < -0.3 is 10.1 Å². The molecule has 0 bridgehead atoms. The second-order valence-corrected chi connectivity index (χ2v) is 6.35. The van der Waals surface area contributed by atoms with Gasteiger partial charge in [-0.05, 0) is 38.0 Å². The Balaban J connectivity index is 1.88. The van der Waals surface area contributed by atoms with Crippen LogP contribution in [0.15, 0.2) is 24.3 Å². The van der Waals surface area contributed by atoms with Crippen molar-refractivity contribution < 1.29 is 14.3 Å². The van der Waals surface area contributed by atoms with Crippen molar-refractivity contribution in [1.82, 2.24) is 5.32 Å². The molecule has 1 amide bonds. The molecule has 1 N–H and O–H groups in total. The third-order valence-corrected chi connectivity index (χ3v) is 4.41. The van der Waals surface area contributed by atoms with Crippen molar-refractivity contribution in [2.24, 2.45) is 0 Å². The molecule has 1 saturated carbocycles. The molecule has 4 nitrogen and oxygen atoms in total. The van der Waals surface area contributed by atoms with E-state index in [4.69, 9.17) is 27.9 Å². The third kappa shape index (κ3) is 5.26. The zero-order valence-corrected chi connectivity index (χ0v) is 14.4. The number of amides is 1. The van der Waals surface area contributed by atoms with Crippen LogP contribution in [0.25, 0.3) is 6.08 Å². The van der Waals surface area contributed by atoms with Gasteiger partial charge >= 0.3 is 5.97 Å². The zero-order chi connectivity index (χ0) is 16.8. The molecule has 0 aromatic heterocycles. The number of esters is 1. The molecule has 1 aliphatic carbocycles. The number of halogens is 2. The van der Waals surface area contributed by atoms with Crippen LogP contribution < -0.4 is 5.32 Å². The Morgan fingerprint density at radius 3 is 2.48 bits per heavy atom. The molecule has 124 valence electrons. The first-order chi connectivity index (χ1) is 11.0. The van der Waals surface area contributed by atoms with Crippen LogP contribution in [-0.2, 0) is 14.3 Å².